The number of anilines is 1. The lowest BCUT2D eigenvalue weighted by molar-refractivity contribution is 0.143. The van der Waals surface area contributed by atoms with Crippen LogP contribution in [0.25, 0.3) is 0 Å². The van der Waals surface area contributed by atoms with Gasteiger partial charge in [0.1, 0.15) is 18.2 Å². The Hall–Kier alpha value is -2.57. The number of amides is 1. The number of carbonyl (C=O) groups excluding carboxylic acids is 1. The SMILES string of the molecule is COc1cc(Br)c(Cl)c2c1N(C(=O)OCc1ccccc1)C(c1ccc(F)cc1)CC2. The smallest absolute Gasteiger partial charge is 0.415 e. The summed E-state index contributed by atoms with van der Waals surface area (Å²) in [5.74, 6) is 0.178. The van der Waals surface area contributed by atoms with E-state index in [1.54, 1.807) is 30.2 Å². The largest absolute Gasteiger partial charge is 0.495 e. The fourth-order valence-corrected chi connectivity index (χ4v) is 4.55. The molecule has 4 nitrogen and oxygen atoms in total. The van der Waals surface area contributed by atoms with Gasteiger partial charge in [-0.3, -0.25) is 4.90 Å². The number of nitrogens with zero attached hydrogens (tertiary/aromatic N) is 1. The van der Waals surface area contributed by atoms with E-state index in [1.807, 2.05) is 30.3 Å². The number of ether oxygens (including phenoxy) is 2. The van der Waals surface area contributed by atoms with E-state index in [-0.39, 0.29) is 18.5 Å². The summed E-state index contributed by atoms with van der Waals surface area (Å²) in [4.78, 5) is 14.9. The monoisotopic (exact) mass is 503 g/mol. The molecule has 0 aliphatic carbocycles. The van der Waals surface area contributed by atoms with Gasteiger partial charge in [0.15, 0.2) is 0 Å². The van der Waals surface area contributed by atoms with Gasteiger partial charge >= 0.3 is 6.09 Å². The summed E-state index contributed by atoms with van der Waals surface area (Å²) < 4.78 is 25.5. The van der Waals surface area contributed by atoms with Crippen LogP contribution in [0.1, 0.15) is 29.2 Å². The van der Waals surface area contributed by atoms with Gasteiger partial charge in [-0.05, 0) is 63.7 Å². The first kappa shape index (κ1) is 21.7. The molecule has 0 radical (unpaired) electrons. The number of halogens is 3. The molecule has 0 fully saturated rings. The van der Waals surface area contributed by atoms with E-state index in [0.717, 1.165) is 16.7 Å². The van der Waals surface area contributed by atoms with E-state index in [2.05, 4.69) is 15.9 Å². The van der Waals surface area contributed by atoms with Gasteiger partial charge in [-0.1, -0.05) is 54.1 Å². The fraction of sp³-hybridized carbons (Fsp3) is 0.208. The molecule has 1 amide bonds. The molecule has 1 heterocycles. The van der Waals surface area contributed by atoms with E-state index in [0.29, 0.717) is 33.8 Å². The van der Waals surface area contributed by atoms with E-state index < -0.39 is 6.09 Å². The molecule has 7 heteroatoms. The summed E-state index contributed by atoms with van der Waals surface area (Å²) in [5.41, 5.74) is 3.08. The molecule has 0 N–H and O–H groups in total. The molecule has 0 spiro atoms. The van der Waals surface area contributed by atoms with Crippen LogP contribution in [0.4, 0.5) is 14.9 Å². The Labute approximate surface area is 193 Å². The molecule has 3 aromatic rings. The number of fused-ring (bicyclic) bond motifs is 1. The van der Waals surface area contributed by atoms with Crippen molar-refractivity contribution in [2.75, 3.05) is 12.0 Å². The van der Waals surface area contributed by atoms with Gasteiger partial charge in [0.05, 0.1) is 23.9 Å². The van der Waals surface area contributed by atoms with Gasteiger partial charge < -0.3 is 9.47 Å². The Kier molecular flexibility index (Phi) is 6.49. The average molecular weight is 505 g/mol. The van der Waals surface area contributed by atoms with E-state index >= 15 is 0 Å². The van der Waals surface area contributed by atoms with Crippen LogP contribution in [0.15, 0.2) is 65.1 Å². The minimum atomic E-state index is -0.518. The van der Waals surface area contributed by atoms with E-state index in [1.165, 1.54) is 12.1 Å². The van der Waals surface area contributed by atoms with E-state index in [9.17, 15) is 9.18 Å². The first-order valence-electron chi connectivity index (χ1n) is 9.80. The molecule has 4 rings (SSSR count). The third-order valence-corrected chi connectivity index (χ3v) is 6.63. The van der Waals surface area contributed by atoms with Gasteiger partial charge in [-0.25, -0.2) is 9.18 Å². The number of methoxy groups -OCH3 is 1. The molecule has 1 unspecified atom stereocenters. The van der Waals surface area contributed by atoms with Crippen molar-refractivity contribution in [2.24, 2.45) is 0 Å². The van der Waals surface area contributed by atoms with Crippen molar-refractivity contribution in [1.82, 2.24) is 0 Å². The topological polar surface area (TPSA) is 38.8 Å². The first-order chi connectivity index (χ1) is 15.0. The quantitative estimate of drug-likeness (QED) is 0.381. The van der Waals surface area contributed by atoms with Crippen LogP contribution in [0.5, 0.6) is 5.75 Å². The maximum Gasteiger partial charge on any atom is 0.415 e. The summed E-state index contributed by atoms with van der Waals surface area (Å²) in [7, 11) is 1.55. The van der Waals surface area contributed by atoms with Gasteiger partial charge in [-0.2, -0.15) is 0 Å². The minimum absolute atomic E-state index is 0.133. The molecule has 1 atom stereocenters. The zero-order valence-electron chi connectivity index (χ0n) is 16.8. The number of hydrogen-bond acceptors (Lipinski definition) is 3. The van der Waals surface area contributed by atoms with E-state index in [4.69, 9.17) is 21.1 Å². The second kappa shape index (κ2) is 9.28. The Morgan fingerprint density at radius 2 is 1.90 bits per heavy atom. The van der Waals surface area contributed by atoms with Gasteiger partial charge in [-0.15, -0.1) is 0 Å². The van der Waals surface area contributed by atoms with Crippen molar-refractivity contribution < 1.29 is 18.7 Å². The Balaban J connectivity index is 1.76. The molecule has 160 valence electrons. The lowest BCUT2D eigenvalue weighted by Crippen LogP contribution is -2.39. The summed E-state index contributed by atoms with van der Waals surface area (Å²) in [6.45, 7) is 0.133. The third kappa shape index (κ3) is 4.41. The molecule has 1 aliphatic rings. The second-order valence-corrected chi connectivity index (χ2v) is 8.45. The lowest BCUT2D eigenvalue weighted by atomic mass is 9.91. The molecule has 1 aliphatic heterocycles. The number of benzene rings is 3. The second-order valence-electron chi connectivity index (χ2n) is 7.22. The number of hydrogen-bond donors (Lipinski definition) is 0. The third-order valence-electron chi connectivity index (χ3n) is 5.35. The Morgan fingerprint density at radius 1 is 1.19 bits per heavy atom. The highest BCUT2D eigenvalue weighted by Gasteiger charge is 2.37. The van der Waals surface area contributed by atoms with Crippen molar-refractivity contribution >= 4 is 39.3 Å². The van der Waals surface area contributed by atoms with Crippen molar-refractivity contribution in [1.29, 1.82) is 0 Å². The molecular formula is C24H20BrClFNO3. The van der Waals surface area contributed by atoms with Crippen LogP contribution in [-0.2, 0) is 17.8 Å². The normalized spacial score (nSPS) is 15.4. The van der Waals surface area contributed by atoms with Gasteiger partial charge in [0, 0.05) is 4.47 Å². The Bertz CT molecular complexity index is 1090. The van der Waals surface area contributed by atoms with Crippen molar-refractivity contribution in [3.8, 4) is 5.75 Å². The standard InChI is InChI=1S/C24H20BrClFNO3/c1-30-21-13-19(25)22(26)18-11-12-20(16-7-9-17(27)10-8-16)28(23(18)21)24(29)31-14-15-5-3-2-4-6-15/h2-10,13,20H,11-12,14H2,1H3. The fourth-order valence-electron chi connectivity index (χ4n) is 3.87. The molecule has 31 heavy (non-hydrogen) atoms. The highest BCUT2D eigenvalue weighted by Crippen LogP contribution is 2.49. The number of carbonyl (C=O) groups is 1. The summed E-state index contributed by atoms with van der Waals surface area (Å²) in [5, 5.41) is 0.536. The highest BCUT2D eigenvalue weighted by atomic mass is 79.9. The maximum absolute atomic E-state index is 13.5. The van der Waals surface area contributed by atoms with Crippen LogP contribution in [0.2, 0.25) is 5.02 Å². The van der Waals surface area contributed by atoms with Gasteiger partial charge in [0.2, 0.25) is 0 Å². The molecule has 0 bridgehead atoms. The highest BCUT2D eigenvalue weighted by molar-refractivity contribution is 9.10. The summed E-state index contributed by atoms with van der Waals surface area (Å²) >= 11 is 10.0. The lowest BCUT2D eigenvalue weighted by Gasteiger charge is -2.38. The minimum Gasteiger partial charge on any atom is -0.495 e. The van der Waals surface area contributed by atoms with Crippen LogP contribution >= 0.6 is 27.5 Å². The molecule has 0 saturated heterocycles. The average Bonchev–Trinajstić information content (AvgIpc) is 2.80. The van der Waals surface area contributed by atoms with Crippen LogP contribution < -0.4 is 9.64 Å². The summed E-state index contributed by atoms with van der Waals surface area (Å²) in [6, 6.07) is 17.0. The molecular weight excluding hydrogens is 485 g/mol. The summed E-state index contributed by atoms with van der Waals surface area (Å²) in [6.07, 6.45) is 0.725. The van der Waals surface area contributed by atoms with Crippen LogP contribution in [-0.4, -0.2) is 13.2 Å². The molecule has 3 aromatic carbocycles. The molecule has 0 aromatic heterocycles. The Morgan fingerprint density at radius 3 is 2.58 bits per heavy atom. The zero-order valence-corrected chi connectivity index (χ0v) is 19.1. The molecule has 0 saturated carbocycles. The first-order valence-corrected chi connectivity index (χ1v) is 11.0. The van der Waals surface area contributed by atoms with Crippen LogP contribution in [0.3, 0.4) is 0 Å². The number of rotatable bonds is 4. The van der Waals surface area contributed by atoms with Gasteiger partial charge in [0.25, 0.3) is 0 Å². The maximum atomic E-state index is 13.5. The predicted molar refractivity (Wildman–Crippen MR) is 122 cm³/mol. The van der Waals surface area contributed by atoms with Crippen molar-refractivity contribution in [3.05, 3.63) is 92.7 Å². The van der Waals surface area contributed by atoms with Crippen molar-refractivity contribution in [2.45, 2.75) is 25.5 Å². The zero-order chi connectivity index (χ0) is 22.0. The van der Waals surface area contributed by atoms with Crippen molar-refractivity contribution in [3.63, 3.8) is 0 Å². The van der Waals surface area contributed by atoms with Crippen LogP contribution in [0, 0.1) is 5.82 Å². The predicted octanol–water partition coefficient (Wildman–Crippen LogP) is 7.08.